The van der Waals surface area contributed by atoms with Crippen LogP contribution in [0.15, 0.2) is 60.7 Å². The summed E-state index contributed by atoms with van der Waals surface area (Å²) in [6.45, 7) is -0.328. The zero-order valence-electron chi connectivity index (χ0n) is 20.5. The van der Waals surface area contributed by atoms with Crippen LogP contribution in [0.3, 0.4) is 0 Å². The van der Waals surface area contributed by atoms with Crippen LogP contribution in [0.1, 0.15) is 40.4 Å². The molecule has 8 nitrogen and oxygen atoms in total. The lowest BCUT2D eigenvalue weighted by molar-refractivity contribution is -0.139. The molecule has 38 heavy (non-hydrogen) atoms. The van der Waals surface area contributed by atoms with Gasteiger partial charge in [-0.3, -0.25) is 9.59 Å². The second-order valence-electron chi connectivity index (χ2n) is 9.13. The van der Waals surface area contributed by atoms with Gasteiger partial charge in [0.05, 0.1) is 22.2 Å². The van der Waals surface area contributed by atoms with E-state index in [4.69, 9.17) is 28.9 Å². The van der Waals surface area contributed by atoms with Gasteiger partial charge < -0.3 is 26.8 Å². The van der Waals surface area contributed by atoms with Crippen LogP contribution < -0.4 is 21.7 Å². The predicted octanol–water partition coefficient (Wildman–Crippen LogP) is 4.21. The molecule has 3 aromatic carbocycles. The first-order chi connectivity index (χ1) is 18.2. The lowest BCUT2D eigenvalue weighted by Crippen LogP contribution is -2.49. The Hall–Kier alpha value is -3.59. The number of anilines is 1. The average molecular weight is 555 g/mol. The maximum Gasteiger partial charge on any atom is 0.328 e. The minimum absolute atomic E-state index is 0.0161. The van der Waals surface area contributed by atoms with Gasteiger partial charge in [0.25, 0.3) is 5.91 Å². The van der Waals surface area contributed by atoms with Crippen molar-refractivity contribution in [1.29, 1.82) is 0 Å². The van der Waals surface area contributed by atoms with E-state index in [1.54, 1.807) is 12.1 Å². The van der Waals surface area contributed by atoms with Crippen molar-refractivity contribution < 1.29 is 19.5 Å². The quantitative estimate of drug-likeness (QED) is 0.251. The number of aryl methyl sites for hydroxylation is 1. The molecule has 0 saturated heterocycles. The predicted molar refractivity (Wildman–Crippen MR) is 148 cm³/mol. The third-order valence-corrected chi connectivity index (χ3v) is 7.07. The summed E-state index contributed by atoms with van der Waals surface area (Å²) < 4.78 is 0. The molecule has 2 atom stereocenters. The number of carbonyl (C=O) groups is 3. The number of amides is 2. The second-order valence-corrected chi connectivity index (χ2v) is 9.95. The normalized spacial score (nSPS) is 15.3. The molecule has 1 aliphatic rings. The van der Waals surface area contributed by atoms with Crippen LogP contribution >= 0.6 is 23.2 Å². The van der Waals surface area contributed by atoms with Crippen molar-refractivity contribution >= 4 is 46.7 Å². The summed E-state index contributed by atoms with van der Waals surface area (Å²) in [7, 11) is 0. The second kappa shape index (κ2) is 12.3. The molecular weight excluding hydrogens is 527 g/mol. The summed E-state index contributed by atoms with van der Waals surface area (Å²) in [5.41, 5.74) is 10.4. The zero-order chi connectivity index (χ0) is 27.2. The average Bonchev–Trinajstić information content (AvgIpc) is 2.89. The number of carboxylic acid groups (broad SMARTS) is 1. The van der Waals surface area contributed by atoms with Crippen LogP contribution in [-0.4, -0.2) is 42.0 Å². The molecule has 2 amide bonds. The van der Waals surface area contributed by atoms with Gasteiger partial charge in [0.15, 0.2) is 0 Å². The maximum absolute atomic E-state index is 12.9. The molecule has 1 unspecified atom stereocenters. The first-order valence-corrected chi connectivity index (χ1v) is 12.9. The molecule has 4 rings (SSSR count). The van der Waals surface area contributed by atoms with E-state index >= 15 is 0 Å². The number of carbonyl (C=O) groups excluding carboxylic acids is 2. The molecule has 0 aliphatic heterocycles. The first kappa shape index (κ1) is 27.4. The Morgan fingerprint density at radius 1 is 1.00 bits per heavy atom. The van der Waals surface area contributed by atoms with Crippen LogP contribution in [0.25, 0.3) is 11.1 Å². The Bertz CT molecular complexity index is 1330. The summed E-state index contributed by atoms with van der Waals surface area (Å²) >= 11 is 12.7. The van der Waals surface area contributed by atoms with Gasteiger partial charge in [-0.1, -0.05) is 59.6 Å². The monoisotopic (exact) mass is 554 g/mol. The third kappa shape index (κ3) is 6.64. The fraction of sp³-hybridized carbons (Fsp3) is 0.250. The molecule has 10 heteroatoms. The van der Waals surface area contributed by atoms with Crippen molar-refractivity contribution in [3.8, 4) is 11.1 Å². The molecule has 0 aromatic heterocycles. The molecule has 198 valence electrons. The number of hydrogen-bond acceptors (Lipinski definition) is 5. The van der Waals surface area contributed by atoms with Gasteiger partial charge in [-0.2, -0.15) is 0 Å². The van der Waals surface area contributed by atoms with E-state index in [0.29, 0.717) is 5.69 Å². The minimum atomic E-state index is -1.39. The molecule has 0 radical (unpaired) electrons. The van der Waals surface area contributed by atoms with Gasteiger partial charge in [-0.25, -0.2) is 4.79 Å². The van der Waals surface area contributed by atoms with E-state index in [-0.39, 0.29) is 34.7 Å². The Kier molecular flexibility index (Phi) is 8.89. The van der Waals surface area contributed by atoms with Crippen LogP contribution in [0.4, 0.5) is 5.69 Å². The Morgan fingerprint density at radius 2 is 1.71 bits per heavy atom. The highest BCUT2D eigenvalue weighted by Gasteiger charge is 2.25. The number of nitrogens with one attached hydrogen (secondary N) is 3. The van der Waals surface area contributed by atoms with Crippen LogP contribution in [0, 0.1) is 0 Å². The highest BCUT2D eigenvalue weighted by Crippen LogP contribution is 2.32. The fourth-order valence-corrected chi connectivity index (χ4v) is 5.20. The summed E-state index contributed by atoms with van der Waals surface area (Å²) in [5, 5.41) is 18.0. The summed E-state index contributed by atoms with van der Waals surface area (Å²) in [6, 6.07) is 16.9. The number of hydrogen-bond donors (Lipinski definition) is 5. The highest BCUT2D eigenvalue weighted by atomic mass is 35.5. The summed E-state index contributed by atoms with van der Waals surface area (Å²) in [5.74, 6) is -2.46. The topological polar surface area (TPSA) is 134 Å². The number of rotatable bonds is 9. The number of nitrogens with two attached hydrogens (primary N) is 1. The molecule has 6 N–H and O–H groups in total. The molecular formula is C28H28Cl2N4O4. The minimum Gasteiger partial charge on any atom is -0.480 e. The molecule has 0 fully saturated rings. The van der Waals surface area contributed by atoms with Gasteiger partial charge in [0.1, 0.15) is 6.04 Å². The van der Waals surface area contributed by atoms with E-state index in [9.17, 15) is 19.5 Å². The van der Waals surface area contributed by atoms with Crippen LogP contribution in [0.2, 0.25) is 10.0 Å². The number of nitrogen functional groups attached to an aromatic ring is 1. The molecule has 1 aliphatic carbocycles. The van der Waals surface area contributed by atoms with E-state index in [1.165, 1.54) is 5.56 Å². The number of halogens is 2. The molecule has 0 spiro atoms. The largest absolute Gasteiger partial charge is 0.480 e. The van der Waals surface area contributed by atoms with Gasteiger partial charge in [-0.15, -0.1) is 0 Å². The molecule has 0 heterocycles. The van der Waals surface area contributed by atoms with Crippen molar-refractivity contribution in [3.63, 3.8) is 0 Å². The molecule has 3 aromatic rings. The Labute approximate surface area is 230 Å². The van der Waals surface area contributed by atoms with Gasteiger partial charge >= 0.3 is 5.97 Å². The number of fused-ring (bicyclic) bond motifs is 1. The van der Waals surface area contributed by atoms with Crippen LogP contribution in [0.5, 0.6) is 0 Å². The Balaban J connectivity index is 1.35. The van der Waals surface area contributed by atoms with E-state index in [0.717, 1.165) is 36.0 Å². The zero-order valence-corrected chi connectivity index (χ0v) is 22.0. The van der Waals surface area contributed by atoms with Gasteiger partial charge in [0.2, 0.25) is 5.91 Å². The lowest BCUT2D eigenvalue weighted by atomic mass is 9.87. The van der Waals surface area contributed by atoms with Crippen LogP contribution in [-0.2, 0) is 16.0 Å². The Morgan fingerprint density at radius 3 is 2.39 bits per heavy atom. The fourth-order valence-electron chi connectivity index (χ4n) is 4.54. The number of carboxylic acids is 1. The smallest absolute Gasteiger partial charge is 0.328 e. The summed E-state index contributed by atoms with van der Waals surface area (Å²) in [6.07, 6.45) is 2.81. The van der Waals surface area contributed by atoms with E-state index in [1.807, 2.05) is 48.5 Å². The van der Waals surface area contributed by atoms with Gasteiger partial charge in [-0.05, 0) is 65.8 Å². The summed E-state index contributed by atoms with van der Waals surface area (Å²) in [4.78, 5) is 37.2. The van der Waals surface area contributed by atoms with Crippen molar-refractivity contribution in [1.82, 2.24) is 16.0 Å². The third-order valence-electron chi connectivity index (χ3n) is 6.48. The van der Waals surface area contributed by atoms with Crippen molar-refractivity contribution in [2.45, 2.75) is 31.3 Å². The molecule has 0 bridgehead atoms. The standard InChI is InChI=1S/C28H28Cl2N4O4/c29-21-11-18(16-5-2-1-3-6-16)12-22(30)26(21)27(36)34-24(28(37)38)14-33-25(35)15-32-23-8-4-7-17-9-10-19(31)13-20(17)23/h1-3,5-6,9-13,23-24,32H,4,7-8,14-15,31H2,(H,33,35)(H,34,36)(H,37,38)/t23?,24-/m0/s1. The number of aliphatic carboxylic acids is 1. The number of benzene rings is 3. The van der Waals surface area contributed by atoms with Gasteiger partial charge in [0, 0.05) is 18.3 Å². The van der Waals surface area contributed by atoms with E-state index < -0.39 is 23.8 Å². The first-order valence-electron chi connectivity index (χ1n) is 12.2. The van der Waals surface area contributed by atoms with E-state index in [2.05, 4.69) is 16.0 Å². The lowest BCUT2D eigenvalue weighted by Gasteiger charge is -2.26. The maximum atomic E-state index is 12.9. The SMILES string of the molecule is Nc1ccc2c(c1)C(NCC(=O)NC[C@H](NC(=O)c1c(Cl)cc(-c3ccccc3)cc1Cl)C(=O)O)CCC2. The van der Waals surface area contributed by atoms with Crippen molar-refractivity contribution in [2.24, 2.45) is 0 Å². The molecule has 0 saturated carbocycles. The highest BCUT2D eigenvalue weighted by molar-refractivity contribution is 6.40. The van der Waals surface area contributed by atoms with Crippen molar-refractivity contribution in [2.75, 3.05) is 18.8 Å². The van der Waals surface area contributed by atoms with Crippen molar-refractivity contribution in [3.05, 3.63) is 87.4 Å².